The standard InChI is InChI=1S/C29H36BrN5O3/c1-18(2)26(35-17-25(32-33-35)29(3,4)5)28(38)34-16-21(36)14-24(34)27(37)31-15-19-10-12-20(13-11-19)22-8-6-7-9-23(22)30/h6-13,17-18,21,24,26,36H,14-16H2,1-5H3,(H,31,37)/t21-,24+,26+/m1/s1. The van der Waals surface area contributed by atoms with E-state index >= 15 is 0 Å². The number of carbonyl (C=O) groups excluding carboxylic acids is 2. The van der Waals surface area contributed by atoms with Crippen LogP contribution < -0.4 is 5.32 Å². The molecule has 0 radical (unpaired) electrons. The summed E-state index contributed by atoms with van der Waals surface area (Å²) < 4.78 is 2.62. The minimum atomic E-state index is -0.757. The molecule has 9 heteroatoms. The van der Waals surface area contributed by atoms with Crippen molar-refractivity contribution < 1.29 is 14.7 Å². The van der Waals surface area contributed by atoms with Crippen molar-refractivity contribution in [3.05, 3.63) is 70.5 Å². The quantitative estimate of drug-likeness (QED) is 0.428. The number of hydrogen-bond donors (Lipinski definition) is 2. The summed E-state index contributed by atoms with van der Waals surface area (Å²) in [7, 11) is 0. The van der Waals surface area contributed by atoms with Gasteiger partial charge in [0.15, 0.2) is 0 Å². The molecule has 8 nitrogen and oxygen atoms in total. The van der Waals surface area contributed by atoms with Crippen LogP contribution in [0.4, 0.5) is 0 Å². The van der Waals surface area contributed by atoms with E-state index in [1.165, 1.54) is 4.90 Å². The maximum atomic E-state index is 13.7. The van der Waals surface area contributed by atoms with Gasteiger partial charge in [0, 0.05) is 35.6 Å². The number of β-amino-alcohol motifs (C(OH)–C–C–N with tert-alkyl or cyclic N) is 1. The molecule has 3 aromatic rings. The Morgan fingerprint density at radius 1 is 1.13 bits per heavy atom. The van der Waals surface area contributed by atoms with Crippen molar-refractivity contribution >= 4 is 27.7 Å². The van der Waals surface area contributed by atoms with Crippen LogP contribution in [0, 0.1) is 5.92 Å². The summed E-state index contributed by atoms with van der Waals surface area (Å²) in [5, 5.41) is 21.9. The first-order valence-corrected chi connectivity index (χ1v) is 13.8. The Bertz CT molecular complexity index is 1280. The third-order valence-corrected chi connectivity index (χ3v) is 7.61. The molecule has 0 spiro atoms. The highest BCUT2D eigenvalue weighted by molar-refractivity contribution is 9.10. The van der Waals surface area contributed by atoms with Crippen LogP contribution in [0.15, 0.2) is 59.2 Å². The minimum absolute atomic E-state index is 0.0818. The molecule has 0 saturated carbocycles. The zero-order chi connectivity index (χ0) is 27.6. The van der Waals surface area contributed by atoms with Gasteiger partial charge in [0.2, 0.25) is 11.8 Å². The Morgan fingerprint density at radius 2 is 1.82 bits per heavy atom. The van der Waals surface area contributed by atoms with Crippen LogP contribution in [-0.4, -0.2) is 55.5 Å². The van der Waals surface area contributed by atoms with Gasteiger partial charge in [-0.25, -0.2) is 4.68 Å². The minimum Gasteiger partial charge on any atom is -0.391 e. The molecule has 2 heterocycles. The zero-order valence-electron chi connectivity index (χ0n) is 22.6. The second kappa shape index (κ2) is 11.4. The van der Waals surface area contributed by atoms with Gasteiger partial charge in [-0.1, -0.05) is 98.2 Å². The van der Waals surface area contributed by atoms with Gasteiger partial charge in [0.25, 0.3) is 0 Å². The van der Waals surface area contributed by atoms with E-state index in [4.69, 9.17) is 0 Å². The van der Waals surface area contributed by atoms with E-state index in [-0.39, 0.29) is 36.1 Å². The molecule has 202 valence electrons. The molecule has 2 amide bonds. The normalized spacial score (nSPS) is 18.6. The number of halogens is 1. The lowest BCUT2D eigenvalue weighted by Crippen LogP contribution is -2.49. The van der Waals surface area contributed by atoms with Gasteiger partial charge in [0.05, 0.1) is 11.8 Å². The summed E-state index contributed by atoms with van der Waals surface area (Å²) in [5.41, 5.74) is 3.70. The van der Waals surface area contributed by atoms with E-state index in [2.05, 4.69) is 31.6 Å². The lowest BCUT2D eigenvalue weighted by molar-refractivity contribution is -0.142. The van der Waals surface area contributed by atoms with E-state index in [9.17, 15) is 14.7 Å². The number of carbonyl (C=O) groups is 2. The Hall–Kier alpha value is -3.04. The number of benzene rings is 2. The first-order chi connectivity index (χ1) is 18.0. The number of nitrogens with zero attached hydrogens (tertiary/aromatic N) is 4. The van der Waals surface area contributed by atoms with Crippen LogP contribution >= 0.6 is 15.9 Å². The van der Waals surface area contributed by atoms with E-state index in [1.54, 1.807) is 4.68 Å². The predicted molar refractivity (Wildman–Crippen MR) is 150 cm³/mol. The number of aliphatic hydroxyl groups is 1. The van der Waals surface area contributed by atoms with Crippen molar-refractivity contribution in [3.8, 4) is 11.1 Å². The monoisotopic (exact) mass is 581 g/mol. The lowest BCUT2D eigenvalue weighted by Gasteiger charge is -2.29. The Kier molecular flexibility index (Phi) is 8.37. The fraction of sp³-hybridized carbons (Fsp3) is 0.448. The largest absolute Gasteiger partial charge is 0.391 e. The summed E-state index contributed by atoms with van der Waals surface area (Å²) in [6.07, 6.45) is 1.25. The molecule has 0 unspecified atom stereocenters. The average molecular weight is 583 g/mol. The number of amides is 2. The van der Waals surface area contributed by atoms with Gasteiger partial charge in [-0.2, -0.15) is 0 Å². The van der Waals surface area contributed by atoms with E-state index < -0.39 is 18.2 Å². The first kappa shape index (κ1) is 28.0. The third kappa shape index (κ3) is 6.15. The molecule has 1 aliphatic rings. The molecule has 1 fully saturated rings. The summed E-state index contributed by atoms with van der Waals surface area (Å²) in [4.78, 5) is 28.4. The van der Waals surface area contributed by atoms with E-state index in [1.807, 2.05) is 89.3 Å². The van der Waals surface area contributed by atoms with Crippen molar-refractivity contribution in [2.75, 3.05) is 6.54 Å². The highest BCUT2D eigenvalue weighted by Crippen LogP contribution is 2.29. The van der Waals surface area contributed by atoms with Gasteiger partial charge >= 0.3 is 0 Å². The SMILES string of the molecule is CC(C)[C@@H](C(=O)N1C[C@H](O)C[C@H]1C(=O)NCc1ccc(-c2ccccc2Br)cc1)n1cc(C(C)(C)C)nn1. The molecule has 1 saturated heterocycles. The second-order valence-electron chi connectivity index (χ2n) is 11.3. The smallest absolute Gasteiger partial charge is 0.248 e. The van der Waals surface area contributed by atoms with Crippen LogP contribution in [0.3, 0.4) is 0 Å². The number of rotatable bonds is 7. The fourth-order valence-corrected chi connectivity index (χ4v) is 5.25. The number of nitrogens with one attached hydrogen (secondary N) is 1. The maximum absolute atomic E-state index is 13.7. The van der Waals surface area contributed by atoms with Crippen LogP contribution in [0.5, 0.6) is 0 Å². The maximum Gasteiger partial charge on any atom is 0.248 e. The highest BCUT2D eigenvalue weighted by Gasteiger charge is 2.42. The second-order valence-corrected chi connectivity index (χ2v) is 12.2. The molecule has 38 heavy (non-hydrogen) atoms. The van der Waals surface area contributed by atoms with Crippen molar-refractivity contribution in [2.45, 2.75) is 71.2 Å². The zero-order valence-corrected chi connectivity index (χ0v) is 24.1. The summed E-state index contributed by atoms with van der Waals surface area (Å²) in [6.45, 7) is 10.5. The Balaban J connectivity index is 1.45. The molecule has 1 aromatic heterocycles. The van der Waals surface area contributed by atoms with Crippen molar-refractivity contribution in [1.82, 2.24) is 25.2 Å². The number of aromatic nitrogens is 3. The molecule has 0 bridgehead atoms. The lowest BCUT2D eigenvalue weighted by atomic mass is 9.93. The van der Waals surface area contributed by atoms with Gasteiger partial charge in [-0.15, -0.1) is 5.10 Å². The van der Waals surface area contributed by atoms with Gasteiger partial charge in [-0.3, -0.25) is 9.59 Å². The number of aliphatic hydroxyl groups excluding tert-OH is 1. The third-order valence-electron chi connectivity index (χ3n) is 6.92. The Morgan fingerprint density at radius 3 is 2.42 bits per heavy atom. The molecular formula is C29H36BrN5O3. The number of likely N-dealkylation sites (tertiary alicyclic amines) is 1. The molecule has 3 atom stereocenters. The van der Waals surface area contributed by atoms with Gasteiger partial charge in [0.1, 0.15) is 12.1 Å². The highest BCUT2D eigenvalue weighted by atomic mass is 79.9. The van der Waals surface area contributed by atoms with E-state index in [0.717, 1.165) is 26.9 Å². The molecule has 0 aliphatic carbocycles. The van der Waals surface area contributed by atoms with Gasteiger partial charge in [-0.05, 0) is 28.7 Å². The summed E-state index contributed by atoms with van der Waals surface area (Å²) >= 11 is 3.59. The van der Waals surface area contributed by atoms with Crippen LogP contribution in [0.25, 0.3) is 11.1 Å². The summed E-state index contributed by atoms with van der Waals surface area (Å²) in [6, 6.07) is 14.7. The molecule has 1 aliphatic heterocycles. The first-order valence-electron chi connectivity index (χ1n) is 13.0. The average Bonchev–Trinajstić information content (AvgIpc) is 3.50. The number of hydrogen-bond acceptors (Lipinski definition) is 5. The van der Waals surface area contributed by atoms with Crippen molar-refractivity contribution in [2.24, 2.45) is 5.92 Å². The molecular weight excluding hydrogens is 546 g/mol. The molecule has 2 N–H and O–H groups in total. The molecule has 2 aromatic carbocycles. The van der Waals surface area contributed by atoms with Crippen molar-refractivity contribution in [1.29, 1.82) is 0 Å². The predicted octanol–water partition coefficient (Wildman–Crippen LogP) is 4.48. The van der Waals surface area contributed by atoms with Crippen LogP contribution in [0.1, 0.15) is 58.3 Å². The van der Waals surface area contributed by atoms with Crippen LogP contribution in [-0.2, 0) is 21.5 Å². The fourth-order valence-electron chi connectivity index (χ4n) is 4.74. The van der Waals surface area contributed by atoms with Crippen LogP contribution in [0.2, 0.25) is 0 Å². The van der Waals surface area contributed by atoms with Gasteiger partial charge < -0.3 is 15.3 Å². The van der Waals surface area contributed by atoms with Crippen molar-refractivity contribution in [3.63, 3.8) is 0 Å². The summed E-state index contributed by atoms with van der Waals surface area (Å²) in [5.74, 6) is -0.595. The molecule has 4 rings (SSSR count). The topological polar surface area (TPSA) is 100 Å². The van der Waals surface area contributed by atoms with E-state index in [0.29, 0.717) is 6.54 Å². The Labute approximate surface area is 232 Å².